The first-order valence-corrected chi connectivity index (χ1v) is 5.42. The molecular formula is C12H9ClN2O3. The summed E-state index contributed by atoms with van der Waals surface area (Å²) < 4.78 is 5.49. The van der Waals surface area contributed by atoms with Gasteiger partial charge in [-0.2, -0.15) is 0 Å². The van der Waals surface area contributed by atoms with E-state index in [1.54, 1.807) is 24.3 Å². The molecule has 6 heteroatoms. The van der Waals surface area contributed by atoms with Crippen LogP contribution in [0.4, 0.5) is 11.4 Å². The van der Waals surface area contributed by atoms with Crippen LogP contribution in [0.5, 0.6) is 11.5 Å². The van der Waals surface area contributed by atoms with Crippen LogP contribution in [0.1, 0.15) is 0 Å². The van der Waals surface area contributed by atoms with E-state index >= 15 is 0 Å². The summed E-state index contributed by atoms with van der Waals surface area (Å²) in [5.41, 5.74) is 5.25. The number of para-hydroxylation sites is 1. The summed E-state index contributed by atoms with van der Waals surface area (Å²) in [6.45, 7) is 0. The number of nitro groups is 1. The molecule has 0 saturated carbocycles. The highest BCUT2D eigenvalue weighted by Crippen LogP contribution is 2.38. The van der Waals surface area contributed by atoms with Crippen LogP contribution in [0.25, 0.3) is 0 Å². The average molecular weight is 265 g/mol. The molecule has 0 atom stereocenters. The molecule has 0 radical (unpaired) electrons. The predicted octanol–water partition coefficient (Wildman–Crippen LogP) is 3.62. The molecule has 18 heavy (non-hydrogen) atoms. The summed E-state index contributed by atoms with van der Waals surface area (Å²) in [5, 5.41) is 10.7. The van der Waals surface area contributed by atoms with Crippen LogP contribution < -0.4 is 10.5 Å². The fourth-order valence-corrected chi connectivity index (χ4v) is 1.61. The van der Waals surface area contributed by atoms with E-state index in [1.165, 1.54) is 12.1 Å². The third-order valence-corrected chi connectivity index (χ3v) is 2.68. The van der Waals surface area contributed by atoms with Gasteiger partial charge in [0, 0.05) is 6.07 Å². The Morgan fingerprint density at radius 2 is 1.83 bits per heavy atom. The van der Waals surface area contributed by atoms with Crippen molar-refractivity contribution in [3.8, 4) is 11.5 Å². The molecule has 92 valence electrons. The molecule has 0 aliphatic carbocycles. The van der Waals surface area contributed by atoms with Crippen LogP contribution in [0.3, 0.4) is 0 Å². The summed E-state index contributed by atoms with van der Waals surface area (Å²) in [7, 11) is 0. The zero-order valence-corrected chi connectivity index (χ0v) is 9.92. The number of nitrogens with zero attached hydrogens (tertiary/aromatic N) is 1. The Balaban J connectivity index is 2.36. The molecule has 0 unspecified atom stereocenters. The molecule has 0 saturated heterocycles. The van der Waals surface area contributed by atoms with E-state index in [0.717, 1.165) is 0 Å². The van der Waals surface area contributed by atoms with Gasteiger partial charge in [0.05, 0.1) is 4.92 Å². The van der Waals surface area contributed by atoms with E-state index < -0.39 is 4.92 Å². The van der Waals surface area contributed by atoms with E-state index in [9.17, 15) is 10.1 Å². The van der Waals surface area contributed by atoms with Crippen LogP contribution in [0.2, 0.25) is 5.02 Å². The summed E-state index contributed by atoms with van der Waals surface area (Å²) in [6.07, 6.45) is 0. The zero-order chi connectivity index (χ0) is 13.1. The lowest BCUT2D eigenvalue weighted by atomic mass is 10.2. The SMILES string of the molecule is Nc1c([N+](=O)[O-])ccc(Oc2ccccc2)c1Cl. The highest BCUT2D eigenvalue weighted by atomic mass is 35.5. The maximum absolute atomic E-state index is 10.7. The summed E-state index contributed by atoms with van der Waals surface area (Å²) in [5.74, 6) is 0.860. The molecule has 0 bridgehead atoms. The van der Waals surface area contributed by atoms with Crippen molar-refractivity contribution in [2.75, 3.05) is 5.73 Å². The fourth-order valence-electron chi connectivity index (χ4n) is 1.42. The average Bonchev–Trinajstić information content (AvgIpc) is 2.36. The topological polar surface area (TPSA) is 78.4 Å². The van der Waals surface area contributed by atoms with Gasteiger partial charge in [-0.15, -0.1) is 0 Å². The third-order valence-electron chi connectivity index (χ3n) is 2.29. The van der Waals surface area contributed by atoms with Crippen molar-refractivity contribution in [2.45, 2.75) is 0 Å². The van der Waals surface area contributed by atoms with Crippen LogP contribution in [0, 0.1) is 10.1 Å². The van der Waals surface area contributed by atoms with Gasteiger partial charge in [-0.25, -0.2) is 0 Å². The number of rotatable bonds is 3. The van der Waals surface area contributed by atoms with Crippen molar-refractivity contribution in [3.05, 3.63) is 57.6 Å². The first-order chi connectivity index (χ1) is 8.59. The molecule has 2 rings (SSSR count). The molecule has 0 aromatic heterocycles. The smallest absolute Gasteiger partial charge is 0.293 e. The van der Waals surface area contributed by atoms with E-state index in [4.69, 9.17) is 22.1 Å². The Bertz CT molecular complexity index is 587. The molecule has 0 fully saturated rings. The minimum Gasteiger partial charge on any atom is -0.456 e. The number of anilines is 1. The third kappa shape index (κ3) is 2.36. The quantitative estimate of drug-likeness (QED) is 0.522. The Morgan fingerprint density at radius 1 is 1.17 bits per heavy atom. The summed E-state index contributed by atoms with van der Waals surface area (Å²) in [4.78, 5) is 10.1. The Kier molecular flexibility index (Phi) is 3.34. The fraction of sp³-hybridized carbons (Fsp3) is 0. The number of hydrogen-bond donors (Lipinski definition) is 1. The lowest BCUT2D eigenvalue weighted by Crippen LogP contribution is -1.97. The minimum absolute atomic E-state index is 0.0352. The van der Waals surface area contributed by atoms with Crippen molar-refractivity contribution in [3.63, 3.8) is 0 Å². The maximum Gasteiger partial charge on any atom is 0.293 e. The van der Waals surface area contributed by atoms with Crippen LogP contribution in [-0.2, 0) is 0 Å². The molecule has 5 nitrogen and oxygen atoms in total. The van der Waals surface area contributed by atoms with E-state index in [-0.39, 0.29) is 22.1 Å². The first kappa shape index (κ1) is 12.2. The van der Waals surface area contributed by atoms with Crippen LogP contribution >= 0.6 is 11.6 Å². The number of halogens is 1. The van der Waals surface area contributed by atoms with Gasteiger partial charge in [-0.05, 0) is 18.2 Å². The second kappa shape index (κ2) is 4.93. The van der Waals surface area contributed by atoms with Gasteiger partial charge in [0.15, 0.2) is 0 Å². The van der Waals surface area contributed by atoms with E-state index in [2.05, 4.69) is 0 Å². The Hall–Kier alpha value is -2.27. The second-order valence-corrected chi connectivity index (χ2v) is 3.86. The van der Waals surface area contributed by atoms with Crippen molar-refractivity contribution in [2.24, 2.45) is 0 Å². The molecule has 2 N–H and O–H groups in total. The van der Waals surface area contributed by atoms with Crippen molar-refractivity contribution in [1.82, 2.24) is 0 Å². The maximum atomic E-state index is 10.7. The molecule has 2 aromatic rings. The number of ether oxygens (including phenoxy) is 1. The van der Waals surface area contributed by atoms with Gasteiger partial charge in [0.25, 0.3) is 5.69 Å². The largest absolute Gasteiger partial charge is 0.456 e. The van der Waals surface area contributed by atoms with Crippen molar-refractivity contribution in [1.29, 1.82) is 0 Å². The first-order valence-electron chi connectivity index (χ1n) is 5.05. The highest BCUT2D eigenvalue weighted by Gasteiger charge is 2.18. The number of nitrogens with two attached hydrogens (primary N) is 1. The number of hydrogen-bond acceptors (Lipinski definition) is 4. The summed E-state index contributed by atoms with van der Waals surface area (Å²) >= 11 is 5.94. The summed E-state index contributed by atoms with van der Waals surface area (Å²) in [6, 6.07) is 11.6. The van der Waals surface area contributed by atoms with Gasteiger partial charge in [0.2, 0.25) is 0 Å². The van der Waals surface area contributed by atoms with Gasteiger partial charge >= 0.3 is 0 Å². The van der Waals surface area contributed by atoms with Crippen LogP contribution in [0.15, 0.2) is 42.5 Å². The highest BCUT2D eigenvalue weighted by molar-refractivity contribution is 6.35. The molecular weight excluding hydrogens is 256 g/mol. The molecule has 0 aliphatic heterocycles. The molecule has 0 heterocycles. The van der Waals surface area contributed by atoms with Gasteiger partial charge in [-0.1, -0.05) is 29.8 Å². The van der Waals surface area contributed by atoms with Crippen molar-refractivity contribution >= 4 is 23.0 Å². The van der Waals surface area contributed by atoms with E-state index in [0.29, 0.717) is 5.75 Å². The van der Waals surface area contributed by atoms with Crippen LogP contribution in [-0.4, -0.2) is 4.92 Å². The Morgan fingerprint density at radius 3 is 2.44 bits per heavy atom. The zero-order valence-electron chi connectivity index (χ0n) is 9.17. The molecule has 0 amide bonds. The monoisotopic (exact) mass is 264 g/mol. The second-order valence-electron chi connectivity index (χ2n) is 3.48. The van der Waals surface area contributed by atoms with E-state index in [1.807, 2.05) is 6.07 Å². The predicted molar refractivity (Wildman–Crippen MR) is 69.0 cm³/mol. The number of nitrogen functional groups attached to an aromatic ring is 1. The van der Waals surface area contributed by atoms with Gasteiger partial charge < -0.3 is 10.5 Å². The Labute approximate surface area is 108 Å². The van der Waals surface area contributed by atoms with Gasteiger partial charge in [-0.3, -0.25) is 10.1 Å². The lowest BCUT2D eigenvalue weighted by molar-refractivity contribution is -0.383. The van der Waals surface area contributed by atoms with Crippen molar-refractivity contribution < 1.29 is 9.66 Å². The normalized spacial score (nSPS) is 10.1. The number of nitro benzene ring substituents is 1. The molecule has 2 aromatic carbocycles. The number of benzene rings is 2. The molecule has 0 aliphatic rings. The minimum atomic E-state index is -0.590. The lowest BCUT2D eigenvalue weighted by Gasteiger charge is -2.08. The standard InChI is InChI=1S/C12H9ClN2O3/c13-11-10(18-8-4-2-1-3-5-8)7-6-9(12(11)14)15(16)17/h1-7H,14H2. The van der Waals surface area contributed by atoms with Gasteiger partial charge in [0.1, 0.15) is 22.2 Å². The molecule has 0 spiro atoms.